The Kier molecular flexibility index (Phi) is 6.66. The van der Waals surface area contributed by atoms with Crippen molar-refractivity contribution in [2.24, 2.45) is 20.5 Å². The summed E-state index contributed by atoms with van der Waals surface area (Å²) in [6.45, 7) is 3.42. The molecule has 1 N–H and O–H groups in total. The van der Waals surface area contributed by atoms with Gasteiger partial charge >= 0.3 is 0 Å². The number of hydrogen-bond acceptors (Lipinski definition) is 9. The molecule has 168 valence electrons. The Labute approximate surface area is 199 Å². The summed E-state index contributed by atoms with van der Waals surface area (Å²) < 4.78 is 1.08. The molecule has 0 bridgehead atoms. The van der Waals surface area contributed by atoms with Crippen LogP contribution < -0.4 is 5.56 Å². The third kappa shape index (κ3) is 4.51. The molecule has 0 saturated carbocycles. The topological polar surface area (TPSA) is 128 Å². The number of azo groups is 2. The molecule has 0 radical (unpaired) electrons. The highest BCUT2D eigenvalue weighted by Crippen LogP contribution is 2.40. The largest absolute Gasteiger partial charge is 0.493 e. The van der Waals surface area contributed by atoms with Crippen molar-refractivity contribution in [3.63, 3.8) is 0 Å². The van der Waals surface area contributed by atoms with Crippen molar-refractivity contribution in [1.82, 2.24) is 9.55 Å². The molecule has 0 unspecified atom stereocenters. The first-order valence-electron chi connectivity index (χ1n) is 10.3. The number of thiazole rings is 1. The minimum absolute atomic E-state index is 0.0168. The van der Waals surface area contributed by atoms with Gasteiger partial charge in [-0.2, -0.15) is 5.26 Å². The van der Waals surface area contributed by atoms with Crippen LogP contribution in [0.25, 0.3) is 11.3 Å². The highest BCUT2D eigenvalue weighted by atomic mass is 32.1. The van der Waals surface area contributed by atoms with Gasteiger partial charge in [-0.3, -0.25) is 9.36 Å². The number of aromatic hydroxyl groups is 1. The molecule has 0 aliphatic carbocycles. The lowest BCUT2D eigenvalue weighted by Crippen LogP contribution is -2.20. The molecule has 0 atom stereocenters. The second-order valence-electron chi connectivity index (χ2n) is 7.09. The van der Waals surface area contributed by atoms with Gasteiger partial charge < -0.3 is 5.11 Å². The lowest BCUT2D eigenvalue weighted by atomic mass is 10.1. The Bertz CT molecular complexity index is 1480. The second kappa shape index (κ2) is 9.97. The van der Waals surface area contributed by atoms with E-state index in [1.807, 2.05) is 66.7 Å². The molecule has 34 heavy (non-hydrogen) atoms. The molecule has 2 aromatic heterocycles. The summed E-state index contributed by atoms with van der Waals surface area (Å²) in [5, 5.41) is 37.4. The molecule has 4 aromatic rings. The summed E-state index contributed by atoms with van der Waals surface area (Å²) in [5.41, 5.74) is 1.79. The van der Waals surface area contributed by atoms with Gasteiger partial charge in [-0.1, -0.05) is 59.9 Å². The van der Waals surface area contributed by atoms with Crippen molar-refractivity contribution in [2.45, 2.75) is 20.4 Å². The third-order valence-electron chi connectivity index (χ3n) is 4.98. The van der Waals surface area contributed by atoms with Crippen LogP contribution in [0.1, 0.15) is 18.1 Å². The fourth-order valence-corrected chi connectivity index (χ4v) is 3.97. The average molecular weight is 470 g/mol. The molecule has 0 aliphatic heterocycles. The van der Waals surface area contributed by atoms with Crippen LogP contribution in [-0.4, -0.2) is 14.7 Å². The molecular weight excluding hydrogens is 450 g/mol. The van der Waals surface area contributed by atoms with Gasteiger partial charge in [-0.05, 0) is 26.0 Å². The van der Waals surface area contributed by atoms with Crippen LogP contribution in [0.3, 0.4) is 0 Å². The predicted molar refractivity (Wildman–Crippen MR) is 130 cm³/mol. The lowest BCUT2D eigenvalue weighted by Gasteiger charge is -2.10. The standard InChI is InChI=1S/C24H19N7O2S/c1-3-31-22(32)18(14-25)15(2)19(23(31)33)28-30-24-26-20(16-10-6-4-7-11-16)21(34-24)29-27-17-12-8-5-9-13-17/h4-13,32H,3H2,1-2H3. The smallest absolute Gasteiger partial charge is 0.281 e. The summed E-state index contributed by atoms with van der Waals surface area (Å²) in [6, 6.07) is 20.7. The Morgan fingerprint density at radius 1 is 1.03 bits per heavy atom. The fourth-order valence-electron chi connectivity index (χ4n) is 3.24. The number of aromatic nitrogens is 2. The van der Waals surface area contributed by atoms with E-state index in [1.165, 1.54) is 11.3 Å². The van der Waals surface area contributed by atoms with Gasteiger partial charge in [-0.15, -0.1) is 20.5 Å². The van der Waals surface area contributed by atoms with Crippen LogP contribution in [0, 0.1) is 18.3 Å². The van der Waals surface area contributed by atoms with E-state index in [0.29, 0.717) is 16.4 Å². The first-order valence-corrected chi connectivity index (χ1v) is 11.2. The maximum absolute atomic E-state index is 12.8. The lowest BCUT2D eigenvalue weighted by molar-refractivity contribution is 0.409. The van der Waals surface area contributed by atoms with Gasteiger partial charge in [0, 0.05) is 17.7 Å². The summed E-state index contributed by atoms with van der Waals surface area (Å²) in [7, 11) is 0. The van der Waals surface area contributed by atoms with Gasteiger partial charge in [0.2, 0.25) is 11.0 Å². The van der Waals surface area contributed by atoms with Crippen molar-refractivity contribution >= 4 is 32.8 Å². The minimum Gasteiger partial charge on any atom is -0.493 e. The number of rotatable bonds is 6. The number of benzene rings is 2. The van der Waals surface area contributed by atoms with E-state index >= 15 is 0 Å². The summed E-state index contributed by atoms with van der Waals surface area (Å²) >= 11 is 1.17. The highest BCUT2D eigenvalue weighted by molar-refractivity contribution is 7.19. The molecule has 0 aliphatic rings. The van der Waals surface area contributed by atoms with Crippen LogP contribution >= 0.6 is 11.3 Å². The van der Waals surface area contributed by atoms with E-state index in [9.17, 15) is 15.2 Å². The van der Waals surface area contributed by atoms with E-state index in [4.69, 9.17) is 0 Å². The van der Waals surface area contributed by atoms with Crippen molar-refractivity contribution in [2.75, 3.05) is 0 Å². The first kappa shape index (κ1) is 22.7. The number of nitrogens with zero attached hydrogens (tertiary/aromatic N) is 7. The molecular formula is C24H19N7O2S. The van der Waals surface area contributed by atoms with E-state index < -0.39 is 5.56 Å². The van der Waals surface area contributed by atoms with Gasteiger partial charge in [0.15, 0.2) is 10.7 Å². The van der Waals surface area contributed by atoms with Crippen LogP contribution in [0.4, 0.5) is 21.5 Å². The zero-order chi connectivity index (χ0) is 24.1. The van der Waals surface area contributed by atoms with Gasteiger partial charge in [0.1, 0.15) is 17.3 Å². The fraction of sp³-hybridized carbons (Fsp3) is 0.125. The SMILES string of the molecule is CCn1c(O)c(C#N)c(C)c(N=Nc2nc(-c3ccccc3)c(N=Nc3ccccc3)s2)c1=O. The molecule has 0 amide bonds. The molecule has 4 rings (SSSR count). The molecule has 9 nitrogen and oxygen atoms in total. The van der Waals surface area contributed by atoms with E-state index in [2.05, 4.69) is 25.4 Å². The third-order valence-corrected chi connectivity index (χ3v) is 5.80. The number of pyridine rings is 1. The van der Waals surface area contributed by atoms with Gasteiger partial charge in [-0.25, -0.2) is 4.98 Å². The normalized spacial score (nSPS) is 11.3. The summed E-state index contributed by atoms with van der Waals surface area (Å²) in [5.74, 6) is -0.379. The number of nitriles is 1. The Balaban J connectivity index is 1.78. The Morgan fingerprint density at radius 2 is 1.71 bits per heavy atom. The zero-order valence-corrected chi connectivity index (χ0v) is 19.2. The maximum Gasteiger partial charge on any atom is 0.281 e. The molecule has 2 aromatic carbocycles. The second-order valence-corrected chi connectivity index (χ2v) is 8.04. The van der Waals surface area contributed by atoms with Gasteiger partial charge in [0.25, 0.3) is 5.56 Å². The minimum atomic E-state index is -0.538. The van der Waals surface area contributed by atoms with Crippen LogP contribution in [0.2, 0.25) is 0 Å². The predicted octanol–water partition coefficient (Wildman–Crippen LogP) is 6.71. The molecule has 0 spiro atoms. The van der Waals surface area contributed by atoms with Crippen LogP contribution in [0.5, 0.6) is 5.88 Å². The van der Waals surface area contributed by atoms with Crippen molar-refractivity contribution in [3.8, 4) is 23.2 Å². The summed E-state index contributed by atoms with van der Waals surface area (Å²) in [4.78, 5) is 17.3. The van der Waals surface area contributed by atoms with Gasteiger partial charge in [0.05, 0.1) is 5.69 Å². The van der Waals surface area contributed by atoms with Crippen molar-refractivity contribution in [3.05, 3.63) is 82.1 Å². The van der Waals surface area contributed by atoms with Crippen LogP contribution in [0.15, 0.2) is 85.9 Å². The molecule has 2 heterocycles. The summed E-state index contributed by atoms with van der Waals surface area (Å²) in [6.07, 6.45) is 0. The number of hydrogen-bond donors (Lipinski definition) is 1. The first-order chi connectivity index (χ1) is 16.5. The molecule has 0 saturated heterocycles. The maximum atomic E-state index is 12.8. The quantitative estimate of drug-likeness (QED) is 0.315. The van der Waals surface area contributed by atoms with E-state index in [1.54, 1.807) is 13.8 Å². The zero-order valence-electron chi connectivity index (χ0n) is 18.4. The average Bonchev–Trinajstić information content (AvgIpc) is 3.27. The van der Waals surface area contributed by atoms with Crippen LogP contribution in [-0.2, 0) is 6.54 Å². The Hall–Kier alpha value is -4.49. The molecule has 10 heteroatoms. The van der Waals surface area contributed by atoms with Crippen molar-refractivity contribution < 1.29 is 5.11 Å². The van der Waals surface area contributed by atoms with E-state index in [0.717, 1.165) is 10.1 Å². The molecule has 0 fully saturated rings. The highest BCUT2D eigenvalue weighted by Gasteiger charge is 2.19. The monoisotopic (exact) mass is 469 g/mol. The van der Waals surface area contributed by atoms with Crippen molar-refractivity contribution in [1.29, 1.82) is 5.26 Å². The Morgan fingerprint density at radius 3 is 2.35 bits per heavy atom. The van der Waals surface area contributed by atoms with E-state index in [-0.39, 0.29) is 34.4 Å².